The molecule has 0 saturated carbocycles. The number of aryl methyl sites for hydroxylation is 3. The quantitative estimate of drug-likeness (QED) is 0.787. The maximum absolute atomic E-state index is 12.9. The Morgan fingerprint density at radius 1 is 1.19 bits per heavy atom. The number of nitrogens with zero attached hydrogens (tertiary/aromatic N) is 4. The van der Waals surface area contributed by atoms with Gasteiger partial charge in [0.2, 0.25) is 0 Å². The third-order valence-electron chi connectivity index (χ3n) is 4.82. The predicted octanol–water partition coefficient (Wildman–Crippen LogP) is 3.45. The zero-order chi connectivity index (χ0) is 18.4. The molecule has 6 heteroatoms. The monoisotopic (exact) mass is 348 g/mol. The second-order valence-corrected chi connectivity index (χ2v) is 6.59. The van der Waals surface area contributed by atoms with Crippen LogP contribution in [0.4, 0.5) is 5.69 Å². The number of hydrogen-bond donors (Lipinski definition) is 1. The van der Waals surface area contributed by atoms with Crippen molar-refractivity contribution in [2.24, 2.45) is 0 Å². The molecule has 0 radical (unpaired) electrons. The number of phenolic OH excluding ortho intramolecular Hbond substituents is 1. The number of rotatable bonds is 3. The molecule has 1 aliphatic rings. The van der Waals surface area contributed by atoms with Crippen molar-refractivity contribution in [1.29, 1.82) is 0 Å². The predicted molar refractivity (Wildman–Crippen MR) is 99.2 cm³/mol. The molecule has 4 rings (SSSR count). The number of aromatic hydroxyl groups is 1. The summed E-state index contributed by atoms with van der Waals surface area (Å²) >= 11 is 0. The number of fused-ring (bicyclic) bond motifs is 1. The van der Waals surface area contributed by atoms with E-state index >= 15 is 0 Å². The highest BCUT2D eigenvalue weighted by atomic mass is 16.3. The van der Waals surface area contributed by atoms with Gasteiger partial charge < -0.3 is 5.11 Å². The molecule has 1 aromatic carbocycles. The van der Waals surface area contributed by atoms with Gasteiger partial charge in [-0.3, -0.25) is 19.4 Å². The summed E-state index contributed by atoms with van der Waals surface area (Å²) < 4.78 is 1.80. The van der Waals surface area contributed by atoms with Crippen LogP contribution < -0.4 is 4.90 Å². The van der Waals surface area contributed by atoms with E-state index < -0.39 is 0 Å². The van der Waals surface area contributed by atoms with Gasteiger partial charge in [0.15, 0.2) is 0 Å². The lowest BCUT2D eigenvalue weighted by Crippen LogP contribution is -2.22. The second kappa shape index (κ2) is 5.98. The summed E-state index contributed by atoms with van der Waals surface area (Å²) in [7, 11) is 0. The molecule has 0 aliphatic carbocycles. The molecule has 0 fully saturated rings. The SMILES string of the molecule is CCn1cc(N2Cc3nc(-c4ccc(C)c(O)c4)cc(C)c3C2=O)cn1. The second-order valence-electron chi connectivity index (χ2n) is 6.59. The molecule has 1 amide bonds. The van der Waals surface area contributed by atoms with Crippen LogP contribution in [0.1, 0.15) is 34.1 Å². The minimum atomic E-state index is -0.0426. The Morgan fingerprint density at radius 3 is 2.69 bits per heavy atom. The Morgan fingerprint density at radius 2 is 2.00 bits per heavy atom. The Labute approximate surface area is 151 Å². The van der Waals surface area contributed by atoms with Gasteiger partial charge in [-0.2, -0.15) is 5.10 Å². The molecule has 26 heavy (non-hydrogen) atoms. The first-order valence-electron chi connectivity index (χ1n) is 8.62. The minimum Gasteiger partial charge on any atom is -0.508 e. The number of hydrogen-bond acceptors (Lipinski definition) is 4. The van der Waals surface area contributed by atoms with Crippen molar-refractivity contribution in [3.63, 3.8) is 0 Å². The van der Waals surface area contributed by atoms with Crippen LogP contribution in [0, 0.1) is 13.8 Å². The van der Waals surface area contributed by atoms with Crippen molar-refractivity contribution in [3.8, 4) is 17.0 Å². The van der Waals surface area contributed by atoms with Crippen molar-refractivity contribution in [2.75, 3.05) is 4.90 Å². The molecule has 6 nitrogen and oxygen atoms in total. The number of anilines is 1. The van der Waals surface area contributed by atoms with Gasteiger partial charge in [0.05, 0.1) is 35.4 Å². The van der Waals surface area contributed by atoms with Crippen LogP contribution in [0.5, 0.6) is 5.75 Å². The summed E-state index contributed by atoms with van der Waals surface area (Å²) in [5.41, 5.74) is 5.51. The molecule has 3 aromatic rings. The number of amides is 1. The van der Waals surface area contributed by atoms with E-state index in [1.807, 2.05) is 45.2 Å². The topological polar surface area (TPSA) is 71.2 Å². The average molecular weight is 348 g/mol. The summed E-state index contributed by atoms with van der Waals surface area (Å²) in [6.07, 6.45) is 3.58. The van der Waals surface area contributed by atoms with Crippen LogP contribution in [-0.2, 0) is 13.1 Å². The molecule has 0 unspecified atom stereocenters. The van der Waals surface area contributed by atoms with Gasteiger partial charge in [0, 0.05) is 18.3 Å². The maximum Gasteiger partial charge on any atom is 0.260 e. The van der Waals surface area contributed by atoms with Crippen LogP contribution in [0.25, 0.3) is 11.3 Å². The normalized spacial score (nSPS) is 13.3. The van der Waals surface area contributed by atoms with E-state index in [0.29, 0.717) is 12.1 Å². The zero-order valence-electron chi connectivity index (χ0n) is 15.0. The minimum absolute atomic E-state index is 0.0426. The Hall–Kier alpha value is -3.15. The van der Waals surface area contributed by atoms with Crippen LogP contribution in [-0.4, -0.2) is 25.8 Å². The summed E-state index contributed by atoms with van der Waals surface area (Å²) in [5, 5.41) is 14.2. The van der Waals surface area contributed by atoms with E-state index in [1.54, 1.807) is 21.8 Å². The van der Waals surface area contributed by atoms with Crippen molar-refractivity contribution in [1.82, 2.24) is 14.8 Å². The number of aromatic nitrogens is 3. The lowest BCUT2D eigenvalue weighted by atomic mass is 10.0. The summed E-state index contributed by atoms with van der Waals surface area (Å²) in [6.45, 7) is 6.97. The molecule has 1 aliphatic heterocycles. The maximum atomic E-state index is 12.9. The average Bonchev–Trinajstić information content (AvgIpc) is 3.22. The van der Waals surface area contributed by atoms with Crippen molar-refractivity contribution in [3.05, 3.63) is 59.0 Å². The lowest BCUT2D eigenvalue weighted by molar-refractivity contribution is 0.0996. The van der Waals surface area contributed by atoms with Crippen molar-refractivity contribution >= 4 is 11.6 Å². The number of benzene rings is 1. The van der Waals surface area contributed by atoms with Gasteiger partial charge in [0.1, 0.15) is 5.75 Å². The third-order valence-corrected chi connectivity index (χ3v) is 4.82. The number of carbonyl (C=O) groups excluding carboxylic acids is 1. The van der Waals surface area contributed by atoms with E-state index in [2.05, 4.69) is 5.10 Å². The molecule has 0 saturated heterocycles. The van der Waals surface area contributed by atoms with E-state index in [9.17, 15) is 9.90 Å². The first-order chi connectivity index (χ1) is 12.5. The smallest absolute Gasteiger partial charge is 0.260 e. The van der Waals surface area contributed by atoms with Crippen LogP contribution in [0.3, 0.4) is 0 Å². The highest BCUT2D eigenvalue weighted by Gasteiger charge is 2.32. The molecule has 2 aromatic heterocycles. The molecule has 1 N–H and O–H groups in total. The molecular formula is C20H20N4O2. The van der Waals surface area contributed by atoms with Gasteiger partial charge >= 0.3 is 0 Å². The summed E-state index contributed by atoms with van der Waals surface area (Å²) in [5.74, 6) is 0.200. The first kappa shape index (κ1) is 16.3. The number of pyridine rings is 1. The largest absolute Gasteiger partial charge is 0.508 e. The molecule has 3 heterocycles. The highest BCUT2D eigenvalue weighted by molar-refractivity contribution is 6.10. The van der Waals surface area contributed by atoms with E-state index in [0.717, 1.165) is 40.3 Å². The number of carbonyl (C=O) groups is 1. The van der Waals surface area contributed by atoms with Crippen LogP contribution in [0.2, 0.25) is 0 Å². The fourth-order valence-corrected chi connectivity index (χ4v) is 3.29. The fourth-order valence-electron chi connectivity index (χ4n) is 3.29. The van der Waals surface area contributed by atoms with Crippen molar-refractivity contribution < 1.29 is 9.90 Å². The molecular weight excluding hydrogens is 328 g/mol. The first-order valence-corrected chi connectivity index (χ1v) is 8.62. The summed E-state index contributed by atoms with van der Waals surface area (Å²) in [4.78, 5) is 19.3. The molecule has 0 atom stereocenters. The molecule has 0 bridgehead atoms. The van der Waals surface area contributed by atoms with Gasteiger partial charge in [-0.1, -0.05) is 12.1 Å². The highest BCUT2D eigenvalue weighted by Crippen LogP contribution is 2.32. The van der Waals surface area contributed by atoms with Gasteiger partial charge in [0.25, 0.3) is 5.91 Å². The van der Waals surface area contributed by atoms with Gasteiger partial charge in [-0.05, 0) is 44.0 Å². The molecule has 0 spiro atoms. The fraction of sp³-hybridized carbons (Fsp3) is 0.250. The van der Waals surface area contributed by atoms with E-state index in [1.165, 1.54) is 0 Å². The zero-order valence-corrected chi connectivity index (χ0v) is 15.0. The van der Waals surface area contributed by atoms with Crippen LogP contribution >= 0.6 is 0 Å². The van der Waals surface area contributed by atoms with Gasteiger partial charge in [-0.15, -0.1) is 0 Å². The molecule has 132 valence electrons. The van der Waals surface area contributed by atoms with E-state index in [4.69, 9.17) is 4.98 Å². The number of phenols is 1. The Balaban J connectivity index is 1.74. The Kier molecular flexibility index (Phi) is 3.76. The van der Waals surface area contributed by atoms with E-state index in [-0.39, 0.29) is 11.7 Å². The van der Waals surface area contributed by atoms with Crippen LogP contribution in [0.15, 0.2) is 36.7 Å². The van der Waals surface area contributed by atoms with Gasteiger partial charge in [-0.25, -0.2) is 0 Å². The summed E-state index contributed by atoms with van der Waals surface area (Å²) in [6, 6.07) is 7.41. The standard InChI is InChI=1S/C20H20N4O2/c1-4-23-10-15(9-21-23)24-11-17-19(20(24)26)13(3)7-16(22-17)14-6-5-12(2)18(25)8-14/h5-10,25H,4,11H2,1-3H3. The van der Waals surface area contributed by atoms with Crippen molar-refractivity contribution in [2.45, 2.75) is 33.9 Å². The Bertz CT molecular complexity index is 1020. The third kappa shape index (κ3) is 2.54. The lowest BCUT2D eigenvalue weighted by Gasteiger charge is -2.12.